The number of aliphatic hydroxyl groups excluding tert-OH is 1. The van der Waals surface area contributed by atoms with Gasteiger partial charge in [-0.25, -0.2) is 4.39 Å². The molecule has 0 amide bonds. The Balaban J connectivity index is 1.54. The van der Waals surface area contributed by atoms with Crippen molar-refractivity contribution in [2.24, 2.45) is 0 Å². The van der Waals surface area contributed by atoms with Crippen molar-refractivity contribution in [3.8, 4) is 0 Å². The number of carbonyl (C=O) groups is 1. The molecular formula is C29H40FNO4. The van der Waals surface area contributed by atoms with Crippen molar-refractivity contribution in [2.75, 3.05) is 26.3 Å². The number of hydrogen-bond acceptors (Lipinski definition) is 5. The lowest BCUT2D eigenvalue weighted by Gasteiger charge is -2.28. The zero-order valence-corrected chi connectivity index (χ0v) is 21.6. The van der Waals surface area contributed by atoms with Gasteiger partial charge in [0.25, 0.3) is 0 Å². The van der Waals surface area contributed by atoms with Crippen molar-refractivity contribution < 1.29 is 23.8 Å². The molecule has 192 valence electrons. The molecule has 5 nitrogen and oxygen atoms in total. The van der Waals surface area contributed by atoms with Crippen LogP contribution in [-0.2, 0) is 27.1 Å². The third-order valence-electron chi connectivity index (χ3n) is 6.92. The first-order valence-electron chi connectivity index (χ1n) is 12.8. The summed E-state index contributed by atoms with van der Waals surface area (Å²) in [6.07, 6.45) is 3.03. The summed E-state index contributed by atoms with van der Waals surface area (Å²) in [5, 5.41) is 10.8. The molecule has 6 heteroatoms. The highest BCUT2D eigenvalue weighted by molar-refractivity contribution is 5.69. The molecule has 3 rings (SSSR count). The van der Waals surface area contributed by atoms with Crippen LogP contribution in [0.1, 0.15) is 67.0 Å². The maximum Gasteiger partial charge on any atom is 0.306 e. The van der Waals surface area contributed by atoms with Crippen LogP contribution in [0.3, 0.4) is 0 Å². The first kappa shape index (κ1) is 27.3. The second-order valence-electron chi connectivity index (χ2n) is 9.66. The van der Waals surface area contributed by atoms with Crippen molar-refractivity contribution >= 4 is 5.97 Å². The Bertz CT molecular complexity index is 979. The summed E-state index contributed by atoms with van der Waals surface area (Å²) in [6.45, 7) is 9.71. The lowest BCUT2D eigenvalue weighted by atomic mass is 9.95. The van der Waals surface area contributed by atoms with Gasteiger partial charge in [0.2, 0.25) is 0 Å². The summed E-state index contributed by atoms with van der Waals surface area (Å²) in [5.74, 6) is -0.357. The molecule has 1 fully saturated rings. The Morgan fingerprint density at radius 2 is 2.03 bits per heavy atom. The number of halogens is 1. The van der Waals surface area contributed by atoms with E-state index in [9.17, 15) is 14.3 Å². The molecule has 2 unspecified atom stereocenters. The summed E-state index contributed by atoms with van der Waals surface area (Å²) >= 11 is 0. The predicted molar refractivity (Wildman–Crippen MR) is 136 cm³/mol. The van der Waals surface area contributed by atoms with Crippen LogP contribution in [0, 0.1) is 19.7 Å². The molecular weight excluding hydrogens is 445 g/mol. The summed E-state index contributed by atoms with van der Waals surface area (Å²) in [5.41, 5.74) is 4.92. The van der Waals surface area contributed by atoms with Gasteiger partial charge in [0.15, 0.2) is 0 Å². The van der Waals surface area contributed by atoms with Gasteiger partial charge in [-0.15, -0.1) is 0 Å². The van der Waals surface area contributed by atoms with Crippen molar-refractivity contribution in [1.29, 1.82) is 0 Å². The van der Waals surface area contributed by atoms with Crippen molar-refractivity contribution in [3.63, 3.8) is 0 Å². The fraction of sp³-hybridized carbons (Fsp3) is 0.552. The topological polar surface area (TPSA) is 59.0 Å². The van der Waals surface area contributed by atoms with E-state index in [0.717, 1.165) is 48.1 Å². The van der Waals surface area contributed by atoms with Crippen LogP contribution in [0.2, 0.25) is 0 Å². The first-order chi connectivity index (χ1) is 16.8. The first-order valence-corrected chi connectivity index (χ1v) is 12.8. The molecule has 0 spiro atoms. The van der Waals surface area contributed by atoms with Gasteiger partial charge in [-0.3, -0.25) is 9.69 Å². The zero-order valence-electron chi connectivity index (χ0n) is 21.6. The van der Waals surface area contributed by atoms with Gasteiger partial charge in [0, 0.05) is 19.0 Å². The van der Waals surface area contributed by atoms with Crippen molar-refractivity contribution in [3.05, 3.63) is 70.0 Å². The molecule has 1 N–H and O–H groups in total. The lowest BCUT2D eigenvalue weighted by molar-refractivity contribution is -0.143. The van der Waals surface area contributed by atoms with E-state index < -0.39 is 6.10 Å². The molecule has 1 saturated heterocycles. The Morgan fingerprint density at radius 1 is 1.23 bits per heavy atom. The molecule has 1 heterocycles. The average molecular weight is 486 g/mol. The van der Waals surface area contributed by atoms with Crippen LogP contribution in [0.4, 0.5) is 4.39 Å². The Labute approximate surface area is 209 Å². The third-order valence-corrected chi connectivity index (χ3v) is 6.92. The molecule has 0 radical (unpaired) electrons. The van der Waals surface area contributed by atoms with Gasteiger partial charge in [-0.2, -0.15) is 0 Å². The lowest BCUT2D eigenvalue weighted by Crippen LogP contribution is -2.39. The fourth-order valence-corrected chi connectivity index (χ4v) is 5.08. The van der Waals surface area contributed by atoms with E-state index in [4.69, 9.17) is 9.47 Å². The van der Waals surface area contributed by atoms with E-state index in [2.05, 4.69) is 4.90 Å². The van der Waals surface area contributed by atoms with Crippen LogP contribution in [0.5, 0.6) is 0 Å². The highest BCUT2D eigenvalue weighted by Gasteiger charge is 2.27. The smallest absolute Gasteiger partial charge is 0.306 e. The highest BCUT2D eigenvalue weighted by atomic mass is 19.1. The number of rotatable bonds is 12. The third kappa shape index (κ3) is 7.86. The van der Waals surface area contributed by atoms with E-state index in [0.29, 0.717) is 37.6 Å². The van der Waals surface area contributed by atoms with Crippen LogP contribution >= 0.6 is 0 Å². The molecule has 0 aromatic heterocycles. The van der Waals surface area contributed by atoms with E-state index in [1.54, 1.807) is 13.0 Å². The minimum Gasteiger partial charge on any atom is -0.466 e. The molecule has 1 aliphatic rings. The van der Waals surface area contributed by atoms with E-state index in [1.807, 2.05) is 51.1 Å². The Kier molecular flexibility index (Phi) is 10.3. The largest absolute Gasteiger partial charge is 0.466 e. The van der Waals surface area contributed by atoms with Gasteiger partial charge in [0.05, 0.1) is 25.4 Å². The van der Waals surface area contributed by atoms with Gasteiger partial charge < -0.3 is 14.6 Å². The van der Waals surface area contributed by atoms with E-state index in [1.165, 1.54) is 0 Å². The van der Waals surface area contributed by atoms with Gasteiger partial charge in [0.1, 0.15) is 5.82 Å². The number of benzene rings is 2. The summed E-state index contributed by atoms with van der Waals surface area (Å²) in [6, 6.07) is 11.8. The number of ether oxygens (including phenoxy) is 2. The summed E-state index contributed by atoms with van der Waals surface area (Å²) in [7, 11) is 0. The predicted octanol–water partition coefficient (Wildman–Crippen LogP) is 5.08. The van der Waals surface area contributed by atoms with Gasteiger partial charge >= 0.3 is 5.97 Å². The van der Waals surface area contributed by atoms with Crippen LogP contribution in [-0.4, -0.2) is 54.4 Å². The van der Waals surface area contributed by atoms with Gasteiger partial charge in [-0.05, 0) is 93.8 Å². The fourth-order valence-electron chi connectivity index (χ4n) is 5.08. The number of β-amino-alcohol motifs (C(OH)–C–C–N with tert-alkyl or cyclic N) is 1. The van der Waals surface area contributed by atoms with Crippen molar-refractivity contribution in [1.82, 2.24) is 4.90 Å². The van der Waals surface area contributed by atoms with Crippen LogP contribution < -0.4 is 0 Å². The number of likely N-dealkylation sites (tertiary alicyclic amines) is 1. The maximum atomic E-state index is 14.0. The van der Waals surface area contributed by atoms with Crippen LogP contribution in [0.25, 0.3) is 0 Å². The van der Waals surface area contributed by atoms with Gasteiger partial charge in [-0.1, -0.05) is 30.3 Å². The quantitative estimate of drug-likeness (QED) is 0.425. The molecule has 35 heavy (non-hydrogen) atoms. The molecule has 1 aliphatic heterocycles. The molecule has 0 saturated carbocycles. The average Bonchev–Trinajstić information content (AvgIpc) is 3.25. The number of hydrogen-bond donors (Lipinski definition) is 1. The van der Waals surface area contributed by atoms with Crippen molar-refractivity contribution in [2.45, 2.75) is 78.0 Å². The normalized spacial score (nSPS) is 17.9. The molecule has 2 aromatic rings. The molecule has 0 bridgehead atoms. The second-order valence-corrected chi connectivity index (χ2v) is 9.66. The Hall–Kier alpha value is -2.28. The summed E-state index contributed by atoms with van der Waals surface area (Å²) < 4.78 is 25.1. The second kappa shape index (κ2) is 13.1. The highest BCUT2D eigenvalue weighted by Crippen LogP contribution is 2.27. The minimum atomic E-state index is -0.611. The molecule has 3 atom stereocenters. The standard InChI is InChI=1S/C29H40FNO4/c1-5-34-28(33)14-13-24-9-6-8-21(3)29(24)22(4)35-19-26(32)18-31-15-7-10-25(31)16-23-12-11-20(2)27(30)17-23/h6,8-9,11-12,17,22,25-26,32H,5,7,10,13-16,18-19H2,1-4H3/t22?,25-,26?/m0/s1. The van der Waals surface area contributed by atoms with Crippen LogP contribution in [0.15, 0.2) is 36.4 Å². The minimum absolute atomic E-state index is 0.160. The zero-order chi connectivity index (χ0) is 25.4. The molecule has 0 aliphatic carbocycles. The number of aliphatic hydroxyl groups is 1. The number of aryl methyl sites for hydroxylation is 3. The molecule has 2 aromatic carbocycles. The number of nitrogens with zero attached hydrogens (tertiary/aromatic N) is 1. The monoisotopic (exact) mass is 485 g/mol. The number of esters is 1. The maximum absolute atomic E-state index is 14.0. The summed E-state index contributed by atoms with van der Waals surface area (Å²) in [4.78, 5) is 14.1. The Morgan fingerprint density at radius 3 is 2.77 bits per heavy atom. The van der Waals surface area contributed by atoms with E-state index >= 15 is 0 Å². The number of carbonyl (C=O) groups excluding carboxylic acids is 1. The van der Waals surface area contributed by atoms with E-state index in [-0.39, 0.29) is 24.5 Å². The SMILES string of the molecule is CCOC(=O)CCc1cccc(C)c1C(C)OCC(O)CN1CCC[C@H]1Cc1ccc(C)c(F)c1.